The molecule has 0 radical (unpaired) electrons. The number of alkyl halides is 6. The molecule has 0 spiro atoms. The van der Waals surface area contributed by atoms with E-state index in [9.17, 15) is 0 Å². The number of allylic oxidation sites excluding steroid dienone is 2. The monoisotopic (exact) mass is 774 g/mol. The van der Waals surface area contributed by atoms with Crippen molar-refractivity contribution in [2.45, 2.75) is 54.1 Å². The minimum absolute atomic E-state index is 0.145. The lowest BCUT2D eigenvalue weighted by Gasteiger charge is -2.43. The fraction of sp³-hybridized carbons (Fsp3) is 0.243. The van der Waals surface area contributed by atoms with Crippen molar-refractivity contribution in [2.75, 3.05) is 0 Å². The summed E-state index contributed by atoms with van der Waals surface area (Å²) in [6, 6.07) is 33.2. The lowest BCUT2D eigenvalue weighted by Crippen LogP contribution is -2.66. The predicted molar refractivity (Wildman–Crippen MR) is 209 cm³/mol. The third-order valence-electron chi connectivity index (χ3n) is 8.21. The van der Waals surface area contributed by atoms with Gasteiger partial charge in [-0.3, -0.25) is 0 Å². The van der Waals surface area contributed by atoms with Gasteiger partial charge < -0.3 is 4.42 Å². The third-order valence-corrected chi connectivity index (χ3v) is 9.22. The zero-order valence-corrected chi connectivity index (χ0v) is 32.0. The van der Waals surface area contributed by atoms with Gasteiger partial charge in [-0.1, -0.05) is 193 Å². The van der Waals surface area contributed by atoms with Gasteiger partial charge in [-0.2, -0.15) is 27.3 Å². The molecule has 0 N–H and O–H groups in total. The summed E-state index contributed by atoms with van der Waals surface area (Å²) in [6.45, 7) is 7.05. The summed E-state index contributed by atoms with van der Waals surface area (Å²) in [5, 5.41) is 0. The molecule has 5 aromatic rings. The highest BCUT2D eigenvalue weighted by Gasteiger charge is 2.33. The zero-order chi connectivity index (χ0) is 35.5. The van der Waals surface area contributed by atoms with Crippen LogP contribution in [0.2, 0.25) is 6.32 Å². The van der Waals surface area contributed by atoms with E-state index in [0.29, 0.717) is 5.89 Å². The van der Waals surface area contributed by atoms with Crippen LogP contribution >= 0.6 is 69.6 Å². The number of oxazole rings is 1. The van der Waals surface area contributed by atoms with E-state index in [4.69, 9.17) is 74.0 Å². The molecule has 0 saturated heterocycles. The summed E-state index contributed by atoms with van der Waals surface area (Å²) < 4.78 is 3.70. The lowest BCUT2D eigenvalue weighted by molar-refractivity contribution is -0.703. The maximum Gasteiger partial charge on any atom is 0.373 e. The first-order valence-corrected chi connectivity index (χ1v) is 18.2. The first-order valence-electron chi connectivity index (χ1n) is 16.0. The fourth-order valence-corrected chi connectivity index (χ4v) is 6.42. The minimum Gasteiger partial charge on any atom is -0.406 e. The highest BCUT2D eigenvalue weighted by Crippen LogP contribution is 2.40. The van der Waals surface area contributed by atoms with Crippen LogP contribution in [0.3, 0.4) is 0 Å². The van der Waals surface area contributed by atoms with E-state index in [-0.39, 0.29) is 17.5 Å². The molecule has 0 bridgehead atoms. The molecule has 2 aromatic heterocycles. The average molecular weight is 777 g/mol. The number of rotatable bonds is 10. The van der Waals surface area contributed by atoms with Crippen LogP contribution in [0, 0.1) is 6.92 Å². The number of hydrogen-bond acceptors (Lipinski definition) is 4. The summed E-state index contributed by atoms with van der Waals surface area (Å²) in [4.78, 5) is 12.0. The van der Waals surface area contributed by atoms with Crippen LogP contribution in [0.15, 0.2) is 114 Å². The van der Waals surface area contributed by atoms with Crippen molar-refractivity contribution in [3.8, 4) is 0 Å². The molecule has 0 unspecified atom stereocenters. The molecular weight excluding hydrogens is 740 g/mol. The van der Waals surface area contributed by atoms with Crippen molar-refractivity contribution < 1.29 is 8.98 Å². The van der Waals surface area contributed by atoms with Crippen LogP contribution in [-0.4, -0.2) is 21.1 Å². The van der Waals surface area contributed by atoms with Gasteiger partial charge >= 0.3 is 5.89 Å². The largest absolute Gasteiger partial charge is 0.406 e. The Hall–Kier alpha value is -2.84. The van der Waals surface area contributed by atoms with Crippen molar-refractivity contribution in [1.82, 2.24) is 15.0 Å². The molecule has 0 aliphatic carbocycles. The molecular formula is C37H37BCl6N4O. The number of unbranched alkanes of at least 4 members (excludes halogenated alkanes) is 1. The van der Waals surface area contributed by atoms with Gasteiger partial charge in [-0.25, -0.2) is 15.0 Å². The molecule has 5 rings (SSSR count). The number of halogens is 6. The van der Waals surface area contributed by atoms with E-state index >= 15 is 0 Å². The number of aromatic nitrogens is 4. The van der Waals surface area contributed by atoms with Crippen LogP contribution in [0.1, 0.15) is 55.7 Å². The number of benzene rings is 3. The van der Waals surface area contributed by atoms with Gasteiger partial charge in [-0.05, 0) is 13.0 Å². The minimum atomic E-state index is -1.88. The highest BCUT2D eigenvalue weighted by atomic mass is 35.6. The second-order valence-electron chi connectivity index (χ2n) is 11.4. The van der Waals surface area contributed by atoms with Gasteiger partial charge in [0, 0.05) is 6.92 Å². The molecule has 256 valence electrons. The molecule has 0 aliphatic rings. The average Bonchev–Trinajstić information content (AvgIpc) is 3.46. The fourth-order valence-electron chi connectivity index (χ4n) is 5.91. The second-order valence-corrected chi connectivity index (χ2v) is 16.0. The summed E-state index contributed by atoms with van der Waals surface area (Å²) in [6.07, 6.45) is 11.2. The topological polar surface area (TPSA) is 55.7 Å². The van der Waals surface area contributed by atoms with Gasteiger partial charge in [0.25, 0.3) is 0 Å². The molecule has 49 heavy (non-hydrogen) atoms. The van der Waals surface area contributed by atoms with Crippen molar-refractivity contribution in [1.29, 1.82) is 0 Å². The Morgan fingerprint density at radius 3 is 1.53 bits per heavy atom. The van der Waals surface area contributed by atoms with Crippen LogP contribution in [0.4, 0.5) is 0 Å². The van der Waals surface area contributed by atoms with Crippen molar-refractivity contribution in [2.24, 2.45) is 0 Å². The maximum absolute atomic E-state index is 5.83. The third kappa shape index (κ3) is 10.4. The molecule has 0 fully saturated rings. The van der Waals surface area contributed by atoms with Gasteiger partial charge in [0.05, 0.1) is 12.2 Å². The second kappa shape index (κ2) is 17.9. The molecule has 3 aromatic carbocycles. The zero-order valence-electron chi connectivity index (χ0n) is 27.4. The standard InChI is InChI=1S/C22H24B.C15H13Cl6N4O/c1-2-3-19-23(20-13-7-4-8-14-20,21-15-9-5-10-16-21)22-17-11-6-12-18-22;1-3-25-9(2)8-26-11(25)7-5-4-6-10-22-12(14(16,17)18)24-13(23-10)15(19,20)21/h4-18H,2-3,19H2,1H3;4-8H,3H2,1-2H3/q-1;+1. The van der Waals surface area contributed by atoms with Gasteiger partial charge in [0.1, 0.15) is 6.54 Å². The van der Waals surface area contributed by atoms with Gasteiger partial charge in [0.15, 0.2) is 23.7 Å². The Morgan fingerprint density at radius 2 is 1.12 bits per heavy atom. The molecule has 0 amide bonds. The molecule has 0 saturated carbocycles. The quantitative estimate of drug-likeness (QED) is 0.0614. The Morgan fingerprint density at radius 1 is 0.673 bits per heavy atom. The van der Waals surface area contributed by atoms with E-state index in [1.807, 2.05) is 18.4 Å². The van der Waals surface area contributed by atoms with Crippen molar-refractivity contribution in [3.63, 3.8) is 0 Å². The predicted octanol–water partition coefficient (Wildman–Crippen LogP) is 9.42. The van der Waals surface area contributed by atoms with Crippen molar-refractivity contribution >= 4 is 104 Å². The van der Waals surface area contributed by atoms with E-state index in [1.165, 1.54) is 35.6 Å². The number of nitrogens with zero attached hydrogens (tertiary/aromatic N) is 4. The van der Waals surface area contributed by atoms with Crippen LogP contribution in [0.5, 0.6) is 0 Å². The SMILES string of the molecule is CCCC[B-](c1ccccc1)(c1ccccc1)c1ccccc1.CC[n+]1c(C)coc1C=CC=Cc1nc(C(Cl)(Cl)Cl)nc(C(Cl)(Cl)Cl)n1. The number of aryl methyl sites for hydroxylation is 1. The first kappa shape index (κ1) is 39.0. The Labute approximate surface area is 318 Å². The Bertz CT molecular complexity index is 1690. The first-order chi connectivity index (χ1) is 23.4. The highest BCUT2D eigenvalue weighted by molar-refractivity contribution is 7.11. The van der Waals surface area contributed by atoms with Crippen LogP contribution in [0.25, 0.3) is 12.2 Å². The van der Waals surface area contributed by atoms with Crippen LogP contribution < -0.4 is 21.0 Å². The molecule has 0 atom stereocenters. The van der Waals surface area contributed by atoms with E-state index in [0.717, 1.165) is 12.2 Å². The van der Waals surface area contributed by atoms with Crippen LogP contribution in [-0.2, 0) is 14.1 Å². The lowest BCUT2D eigenvalue weighted by atomic mass is 9.14. The Kier molecular flexibility index (Phi) is 14.2. The summed E-state index contributed by atoms with van der Waals surface area (Å²) in [7, 11) is 0. The van der Waals surface area contributed by atoms with Gasteiger partial charge in [0.2, 0.25) is 13.3 Å². The summed E-state index contributed by atoms with van der Waals surface area (Å²) in [5.41, 5.74) is 5.35. The van der Waals surface area contributed by atoms with E-state index < -0.39 is 13.7 Å². The maximum atomic E-state index is 5.83. The van der Waals surface area contributed by atoms with E-state index in [2.05, 4.69) is 113 Å². The van der Waals surface area contributed by atoms with E-state index in [1.54, 1.807) is 30.6 Å². The normalized spacial score (nSPS) is 12.3. The molecule has 2 heterocycles. The Balaban J connectivity index is 0.000000222. The smallest absolute Gasteiger partial charge is 0.373 e. The molecule has 12 heteroatoms. The summed E-state index contributed by atoms with van der Waals surface area (Å²) in [5.74, 6) is 0.585. The number of hydrogen-bond donors (Lipinski definition) is 0. The summed E-state index contributed by atoms with van der Waals surface area (Å²) >= 11 is 35.0. The van der Waals surface area contributed by atoms with Crippen molar-refractivity contribution in [3.05, 3.63) is 138 Å². The van der Waals surface area contributed by atoms with Gasteiger partial charge in [-0.15, -0.1) is 0 Å². The molecule has 5 nitrogen and oxygen atoms in total. The molecule has 0 aliphatic heterocycles.